The van der Waals surface area contributed by atoms with Gasteiger partial charge in [-0.2, -0.15) is 26.8 Å². The van der Waals surface area contributed by atoms with Crippen molar-refractivity contribution in [2.45, 2.75) is 11.6 Å². The Hall–Kier alpha value is -0.780. The van der Waals surface area contributed by atoms with Crippen LogP contribution in [0.15, 0.2) is 6.20 Å². The number of nitrogens with two attached hydrogens (primary N) is 2. The molecule has 0 radical (unpaired) electrons. The first-order valence-electron chi connectivity index (χ1n) is 6.95. The van der Waals surface area contributed by atoms with E-state index in [9.17, 15) is 0 Å². The summed E-state index contributed by atoms with van der Waals surface area (Å²) in [5, 5.41) is 9.56. The van der Waals surface area contributed by atoms with Crippen LogP contribution < -0.4 is 11.5 Å². The van der Waals surface area contributed by atoms with Gasteiger partial charge in [0.05, 0.1) is 11.9 Å². The fraction of sp³-hybridized carbons (Fsp3) is 0.667. The van der Waals surface area contributed by atoms with Crippen molar-refractivity contribution in [3.8, 4) is 0 Å². The van der Waals surface area contributed by atoms with E-state index in [2.05, 4.69) is 10.2 Å². The quantitative estimate of drug-likeness (QED) is 0.434. The van der Waals surface area contributed by atoms with E-state index >= 15 is 0 Å². The molecular formula is C12H23N7S4. The van der Waals surface area contributed by atoms with Gasteiger partial charge in [-0.05, 0) is 24.4 Å². The first-order chi connectivity index (χ1) is 10.9. The predicted molar refractivity (Wildman–Crippen MR) is 107 cm³/mol. The zero-order chi connectivity index (χ0) is 17.2. The van der Waals surface area contributed by atoms with Gasteiger partial charge in [0.15, 0.2) is 10.2 Å². The molecule has 4 N–H and O–H groups in total. The molecule has 0 amide bonds. The molecule has 0 aliphatic heterocycles. The fourth-order valence-corrected chi connectivity index (χ4v) is 3.30. The normalized spacial score (nSPS) is 10.5. The molecule has 0 aliphatic rings. The molecule has 23 heavy (non-hydrogen) atoms. The molecule has 1 aromatic heterocycles. The molecule has 0 spiro atoms. The van der Waals surface area contributed by atoms with E-state index in [-0.39, 0.29) is 0 Å². The number of hydrogen-bond acceptors (Lipinski definition) is 6. The predicted octanol–water partition coefficient (Wildman–Crippen LogP) is 0.553. The Morgan fingerprint density at radius 3 is 2.26 bits per heavy atom. The van der Waals surface area contributed by atoms with Crippen molar-refractivity contribution in [1.29, 1.82) is 0 Å². The molecule has 0 aliphatic carbocycles. The van der Waals surface area contributed by atoms with E-state index in [0.717, 1.165) is 41.9 Å². The summed E-state index contributed by atoms with van der Waals surface area (Å²) in [6, 6.07) is 0. The highest BCUT2D eigenvalue weighted by Crippen LogP contribution is 2.10. The topological polar surface area (TPSA) is 89.2 Å². The zero-order valence-electron chi connectivity index (χ0n) is 13.3. The molecule has 1 aromatic rings. The second kappa shape index (κ2) is 10.9. The summed E-state index contributed by atoms with van der Waals surface area (Å²) in [7, 11) is 3.78. The third-order valence-corrected chi connectivity index (χ3v) is 5.41. The third kappa shape index (κ3) is 8.58. The Morgan fingerprint density at radius 1 is 1.13 bits per heavy atom. The lowest BCUT2D eigenvalue weighted by molar-refractivity contribution is 0.543. The van der Waals surface area contributed by atoms with Crippen molar-refractivity contribution in [3.05, 3.63) is 11.9 Å². The number of aromatic nitrogens is 3. The smallest absolute Gasteiger partial charge is 0.166 e. The van der Waals surface area contributed by atoms with Crippen molar-refractivity contribution in [1.82, 2.24) is 24.8 Å². The maximum absolute atomic E-state index is 5.53. The second-order valence-corrected chi connectivity index (χ2v) is 7.83. The molecule has 7 nitrogen and oxygen atoms in total. The minimum absolute atomic E-state index is 0.420. The maximum atomic E-state index is 5.53. The molecule has 130 valence electrons. The lowest BCUT2D eigenvalue weighted by atomic mass is 10.6. The van der Waals surface area contributed by atoms with Crippen LogP contribution in [0.1, 0.15) is 5.69 Å². The van der Waals surface area contributed by atoms with Crippen LogP contribution >= 0.6 is 48.0 Å². The highest BCUT2D eigenvalue weighted by molar-refractivity contribution is 7.98. The summed E-state index contributed by atoms with van der Waals surface area (Å²) in [6.45, 7) is 1.65. The number of thiocarbonyl (C=S) groups is 2. The lowest BCUT2D eigenvalue weighted by Crippen LogP contribution is -2.33. The maximum Gasteiger partial charge on any atom is 0.166 e. The minimum atomic E-state index is 0.420. The molecule has 0 aromatic carbocycles. The number of thioether (sulfide) groups is 2. The van der Waals surface area contributed by atoms with Crippen LogP contribution in [-0.4, -0.2) is 73.7 Å². The van der Waals surface area contributed by atoms with E-state index in [1.807, 2.05) is 30.1 Å². The van der Waals surface area contributed by atoms with Gasteiger partial charge in [0, 0.05) is 44.4 Å². The Balaban J connectivity index is 2.17. The molecule has 0 fully saturated rings. The molecule has 1 heterocycles. The van der Waals surface area contributed by atoms with Gasteiger partial charge in [-0.15, -0.1) is 11.8 Å². The van der Waals surface area contributed by atoms with Crippen molar-refractivity contribution < 1.29 is 0 Å². The van der Waals surface area contributed by atoms with Crippen molar-refractivity contribution in [2.24, 2.45) is 11.5 Å². The molecule has 0 saturated carbocycles. The van der Waals surface area contributed by atoms with Gasteiger partial charge < -0.3 is 21.3 Å². The van der Waals surface area contributed by atoms with Gasteiger partial charge in [0.1, 0.15) is 5.88 Å². The number of nitrogens with zero attached hydrogens (tertiary/aromatic N) is 5. The molecule has 0 unspecified atom stereocenters. The van der Waals surface area contributed by atoms with Crippen LogP contribution in [0.5, 0.6) is 0 Å². The Bertz CT molecular complexity index is 465. The first-order valence-corrected chi connectivity index (χ1v) is 10.1. The van der Waals surface area contributed by atoms with Crippen LogP contribution in [-0.2, 0) is 11.6 Å². The van der Waals surface area contributed by atoms with E-state index in [0.29, 0.717) is 10.2 Å². The average molecular weight is 394 g/mol. The standard InChI is InChI=1S/C12H23N7S4/c1-17(11(13)20)3-5-22-8-10-7-15-19(16-10)9-23-6-4-18(2)12(14)21/h7H,3-6,8-9H2,1-2H3,(H2,13,20)(H2,14,21). The summed E-state index contributed by atoms with van der Waals surface area (Å²) in [6.07, 6.45) is 1.81. The van der Waals surface area contributed by atoms with Crippen LogP contribution in [0.3, 0.4) is 0 Å². The number of rotatable bonds is 10. The van der Waals surface area contributed by atoms with Crippen LogP contribution in [0, 0.1) is 0 Å². The van der Waals surface area contributed by atoms with Gasteiger partial charge in [0.25, 0.3) is 0 Å². The molecular weight excluding hydrogens is 370 g/mol. The minimum Gasteiger partial charge on any atom is -0.376 e. The highest BCUT2D eigenvalue weighted by atomic mass is 32.2. The fourth-order valence-electron chi connectivity index (χ4n) is 1.41. The van der Waals surface area contributed by atoms with Crippen molar-refractivity contribution in [2.75, 3.05) is 38.7 Å². The second-order valence-electron chi connectivity index (χ2n) is 4.82. The average Bonchev–Trinajstić information content (AvgIpc) is 2.95. The van der Waals surface area contributed by atoms with Crippen LogP contribution in [0.25, 0.3) is 0 Å². The van der Waals surface area contributed by atoms with Gasteiger partial charge >= 0.3 is 0 Å². The molecule has 0 atom stereocenters. The first kappa shape index (κ1) is 20.3. The van der Waals surface area contributed by atoms with E-state index in [4.69, 9.17) is 35.9 Å². The zero-order valence-corrected chi connectivity index (χ0v) is 16.6. The summed E-state index contributed by atoms with van der Waals surface area (Å²) in [5.74, 6) is 3.42. The summed E-state index contributed by atoms with van der Waals surface area (Å²) < 4.78 is 0. The number of hydrogen-bond donors (Lipinski definition) is 2. The van der Waals surface area contributed by atoms with Gasteiger partial charge in [-0.1, -0.05) is 0 Å². The van der Waals surface area contributed by atoms with Gasteiger partial charge in [-0.25, -0.2) is 0 Å². The van der Waals surface area contributed by atoms with E-state index in [1.54, 1.807) is 28.3 Å². The molecule has 11 heteroatoms. The van der Waals surface area contributed by atoms with Crippen molar-refractivity contribution >= 4 is 58.2 Å². The molecule has 0 saturated heterocycles. The Labute approximate surface area is 156 Å². The summed E-state index contributed by atoms with van der Waals surface area (Å²) >= 11 is 13.3. The van der Waals surface area contributed by atoms with Gasteiger partial charge in [0.2, 0.25) is 0 Å². The van der Waals surface area contributed by atoms with Crippen LogP contribution in [0.2, 0.25) is 0 Å². The third-order valence-electron chi connectivity index (χ3n) is 2.94. The van der Waals surface area contributed by atoms with E-state index in [1.165, 1.54) is 0 Å². The van der Waals surface area contributed by atoms with E-state index < -0.39 is 0 Å². The summed E-state index contributed by atoms with van der Waals surface area (Å²) in [5.41, 5.74) is 12.0. The lowest BCUT2D eigenvalue weighted by Gasteiger charge is -2.15. The molecule has 1 rings (SSSR count). The van der Waals surface area contributed by atoms with Gasteiger partial charge in [-0.3, -0.25) is 0 Å². The van der Waals surface area contributed by atoms with Crippen LogP contribution in [0.4, 0.5) is 0 Å². The Kier molecular flexibility index (Phi) is 9.60. The van der Waals surface area contributed by atoms with Crippen molar-refractivity contribution in [3.63, 3.8) is 0 Å². The highest BCUT2D eigenvalue weighted by Gasteiger charge is 2.04. The summed E-state index contributed by atoms with van der Waals surface area (Å²) in [4.78, 5) is 5.42. The SMILES string of the molecule is CN(CCSCc1cnn(CSCCN(C)C(N)=S)n1)C(N)=S. The monoisotopic (exact) mass is 393 g/mol. The largest absolute Gasteiger partial charge is 0.376 e. The Morgan fingerprint density at radius 2 is 1.70 bits per heavy atom. The molecule has 0 bridgehead atoms.